The number of methoxy groups -OCH3 is 2. The average molecular weight is 392 g/mol. The van der Waals surface area contributed by atoms with Crippen molar-refractivity contribution in [1.29, 1.82) is 0 Å². The number of hydrogen-bond donors (Lipinski definition) is 1. The Morgan fingerprint density at radius 2 is 1.56 bits per heavy atom. The van der Waals surface area contributed by atoms with E-state index in [1.54, 1.807) is 14.2 Å². The van der Waals surface area contributed by atoms with Gasteiger partial charge in [-0.2, -0.15) is 0 Å². The maximum absolute atomic E-state index is 12.0. The second kappa shape index (κ2) is 9.51. The number of carbonyl (C=O) groups is 1. The highest BCUT2D eigenvalue weighted by atomic mass is 35.5. The van der Waals surface area contributed by atoms with Crippen LogP contribution in [0.25, 0.3) is 0 Å². The number of halogens is 1. The van der Waals surface area contributed by atoms with Crippen LogP contribution in [-0.4, -0.2) is 33.3 Å². The van der Waals surface area contributed by atoms with Crippen molar-refractivity contribution in [2.75, 3.05) is 27.4 Å². The zero-order valence-corrected chi connectivity index (χ0v) is 17.2. The van der Waals surface area contributed by atoms with Crippen LogP contribution in [0.4, 0.5) is 0 Å². The third-order valence-corrected chi connectivity index (χ3v) is 4.93. The summed E-state index contributed by atoms with van der Waals surface area (Å²) in [5.74, 6) is 1.85. The second-order valence-corrected chi connectivity index (χ2v) is 6.77. The van der Waals surface area contributed by atoms with E-state index in [1.807, 2.05) is 45.0 Å². The molecular formula is C21H26ClNO4. The van der Waals surface area contributed by atoms with Crippen LogP contribution in [0.5, 0.6) is 17.2 Å². The molecular weight excluding hydrogens is 366 g/mol. The summed E-state index contributed by atoms with van der Waals surface area (Å²) in [5, 5.41) is 3.59. The molecule has 1 N–H and O–H groups in total. The van der Waals surface area contributed by atoms with Gasteiger partial charge in [-0.05, 0) is 73.7 Å². The molecule has 2 aromatic rings. The number of amides is 1. The van der Waals surface area contributed by atoms with Gasteiger partial charge >= 0.3 is 0 Å². The Kier molecular flexibility index (Phi) is 7.36. The first-order chi connectivity index (χ1) is 12.8. The van der Waals surface area contributed by atoms with Gasteiger partial charge in [0.1, 0.15) is 5.75 Å². The summed E-state index contributed by atoms with van der Waals surface area (Å²) in [7, 11) is 3.22. The van der Waals surface area contributed by atoms with Gasteiger partial charge in [0.05, 0.1) is 14.2 Å². The van der Waals surface area contributed by atoms with E-state index in [1.165, 1.54) is 0 Å². The molecule has 1 amide bonds. The van der Waals surface area contributed by atoms with Crippen molar-refractivity contribution >= 4 is 17.5 Å². The molecule has 0 fully saturated rings. The molecule has 146 valence electrons. The van der Waals surface area contributed by atoms with Crippen LogP contribution < -0.4 is 19.5 Å². The van der Waals surface area contributed by atoms with Crippen LogP contribution in [-0.2, 0) is 11.2 Å². The van der Waals surface area contributed by atoms with E-state index in [9.17, 15) is 4.79 Å². The van der Waals surface area contributed by atoms with Gasteiger partial charge in [0, 0.05) is 11.6 Å². The van der Waals surface area contributed by atoms with Crippen molar-refractivity contribution in [3.63, 3.8) is 0 Å². The standard InChI is InChI=1S/C21H26ClNO4/c1-13-10-18(25-4)19(26-5)11-16(13)6-7-23-20(24)12-27-17-8-14(2)21(22)15(3)9-17/h8-11H,6-7,12H2,1-5H3,(H,23,24). The lowest BCUT2D eigenvalue weighted by atomic mass is 10.0. The van der Waals surface area contributed by atoms with Crippen molar-refractivity contribution in [3.8, 4) is 17.2 Å². The van der Waals surface area contributed by atoms with Gasteiger partial charge in [0.2, 0.25) is 0 Å². The van der Waals surface area contributed by atoms with Gasteiger partial charge in [0.15, 0.2) is 18.1 Å². The summed E-state index contributed by atoms with van der Waals surface area (Å²) < 4.78 is 16.2. The molecule has 0 saturated heterocycles. The number of rotatable bonds is 8. The molecule has 0 aliphatic heterocycles. The minimum absolute atomic E-state index is 0.0363. The SMILES string of the molecule is COc1cc(C)c(CCNC(=O)COc2cc(C)c(Cl)c(C)c2)cc1OC. The highest BCUT2D eigenvalue weighted by Gasteiger charge is 2.10. The Morgan fingerprint density at radius 1 is 0.963 bits per heavy atom. The number of ether oxygens (including phenoxy) is 3. The molecule has 0 radical (unpaired) electrons. The van der Waals surface area contributed by atoms with Crippen molar-refractivity contribution in [1.82, 2.24) is 5.32 Å². The lowest BCUT2D eigenvalue weighted by Crippen LogP contribution is -2.30. The minimum atomic E-state index is -0.168. The first-order valence-corrected chi connectivity index (χ1v) is 9.11. The van der Waals surface area contributed by atoms with E-state index in [-0.39, 0.29) is 12.5 Å². The summed E-state index contributed by atoms with van der Waals surface area (Å²) in [6.07, 6.45) is 0.692. The third kappa shape index (κ3) is 5.54. The zero-order valence-electron chi connectivity index (χ0n) is 16.4. The fourth-order valence-electron chi connectivity index (χ4n) is 2.82. The highest BCUT2D eigenvalue weighted by Crippen LogP contribution is 2.30. The maximum Gasteiger partial charge on any atom is 0.257 e. The number of hydrogen-bond acceptors (Lipinski definition) is 4. The van der Waals surface area contributed by atoms with Crippen molar-refractivity contribution in [2.45, 2.75) is 27.2 Å². The van der Waals surface area contributed by atoms with Crippen LogP contribution in [0, 0.1) is 20.8 Å². The van der Waals surface area contributed by atoms with E-state index in [4.69, 9.17) is 25.8 Å². The molecule has 0 aliphatic carbocycles. The Balaban J connectivity index is 1.86. The molecule has 0 aliphatic rings. The van der Waals surface area contributed by atoms with Gasteiger partial charge in [-0.15, -0.1) is 0 Å². The molecule has 0 atom stereocenters. The average Bonchev–Trinajstić information content (AvgIpc) is 2.65. The van der Waals surface area contributed by atoms with Crippen LogP contribution in [0.2, 0.25) is 5.02 Å². The first kappa shape index (κ1) is 20.9. The Morgan fingerprint density at radius 3 is 2.15 bits per heavy atom. The van der Waals surface area contributed by atoms with Crippen LogP contribution in [0.3, 0.4) is 0 Å². The summed E-state index contributed by atoms with van der Waals surface area (Å²) in [6.45, 7) is 6.30. The highest BCUT2D eigenvalue weighted by molar-refractivity contribution is 6.32. The van der Waals surface area contributed by atoms with Gasteiger partial charge in [0.25, 0.3) is 5.91 Å². The smallest absolute Gasteiger partial charge is 0.257 e. The summed E-state index contributed by atoms with van der Waals surface area (Å²) in [4.78, 5) is 12.0. The van der Waals surface area contributed by atoms with Crippen molar-refractivity contribution < 1.29 is 19.0 Å². The molecule has 0 aromatic heterocycles. The largest absolute Gasteiger partial charge is 0.493 e. The van der Waals surface area contributed by atoms with Crippen LogP contribution in [0.15, 0.2) is 24.3 Å². The summed E-state index contributed by atoms with van der Waals surface area (Å²) >= 11 is 6.14. The first-order valence-electron chi connectivity index (χ1n) is 8.73. The number of aryl methyl sites for hydroxylation is 3. The summed E-state index contributed by atoms with van der Waals surface area (Å²) in [6, 6.07) is 7.53. The van der Waals surface area contributed by atoms with Gasteiger partial charge < -0.3 is 19.5 Å². The van der Waals surface area contributed by atoms with E-state index in [0.717, 1.165) is 27.3 Å². The van der Waals surface area contributed by atoms with E-state index in [2.05, 4.69) is 5.32 Å². The van der Waals surface area contributed by atoms with Gasteiger partial charge in [-0.1, -0.05) is 11.6 Å². The zero-order chi connectivity index (χ0) is 20.0. The molecule has 0 unspecified atom stereocenters. The Labute approximate surface area is 165 Å². The number of carbonyl (C=O) groups excluding carboxylic acids is 1. The van der Waals surface area contributed by atoms with Crippen molar-refractivity contribution in [3.05, 3.63) is 51.5 Å². The maximum atomic E-state index is 12.0. The molecule has 0 heterocycles. The fraction of sp³-hybridized carbons (Fsp3) is 0.381. The molecule has 0 spiro atoms. The van der Waals surface area contributed by atoms with Crippen LogP contribution in [0.1, 0.15) is 22.3 Å². The van der Waals surface area contributed by atoms with Gasteiger partial charge in [-0.25, -0.2) is 0 Å². The van der Waals surface area contributed by atoms with E-state index in [0.29, 0.717) is 30.2 Å². The number of benzene rings is 2. The monoisotopic (exact) mass is 391 g/mol. The minimum Gasteiger partial charge on any atom is -0.493 e. The molecule has 27 heavy (non-hydrogen) atoms. The Hall–Kier alpha value is -2.40. The quantitative estimate of drug-likeness (QED) is 0.738. The van der Waals surface area contributed by atoms with Crippen LogP contribution >= 0.6 is 11.6 Å². The second-order valence-electron chi connectivity index (χ2n) is 6.39. The summed E-state index contributed by atoms with van der Waals surface area (Å²) in [5.41, 5.74) is 4.04. The van der Waals surface area contributed by atoms with E-state index >= 15 is 0 Å². The molecule has 5 nitrogen and oxygen atoms in total. The molecule has 2 rings (SSSR count). The fourth-order valence-corrected chi connectivity index (χ4v) is 2.93. The molecule has 2 aromatic carbocycles. The molecule has 0 saturated carbocycles. The third-order valence-electron chi connectivity index (χ3n) is 4.34. The van der Waals surface area contributed by atoms with Gasteiger partial charge in [-0.3, -0.25) is 4.79 Å². The lowest BCUT2D eigenvalue weighted by molar-refractivity contribution is -0.123. The van der Waals surface area contributed by atoms with Crippen molar-refractivity contribution in [2.24, 2.45) is 0 Å². The normalized spacial score (nSPS) is 10.4. The van der Waals surface area contributed by atoms with E-state index < -0.39 is 0 Å². The Bertz CT molecular complexity index is 797. The predicted octanol–water partition coefficient (Wildman–Crippen LogP) is 4.02. The number of nitrogens with one attached hydrogen (secondary N) is 1. The predicted molar refractivity (Wildman–Crippen MR) is 107 cm³/mol. The lowest BCUT2D eigenvalue weighted by Gasteiger charge is -2.13. The molecule has 0 bridgehead atoms. The molecule has 6 heteroatoms. The topological polar surface area (TPSA) is 56.8 Å².